The van der Waals surface area contributed by atoms with Crippen molar-refractivity contribution in [3.8, 4) is 0 Å². The lowest BCUT2D eigenvalue weighted by molar-refractivity contribution is -0.133. The second-order valence-corrected chi connectivity index (χ2v) is 7.67. The second-order valence-electron chi connectivity index (χ2n) is 6.75. The van der Waals surface area contributed by atoms with Crippen LogP contribution in [0.2, 0.25) is 0 Å². The first kappa shape index (κ1) is 20.2. The minimum atomic E-state index is -0.230. The zero-order valence-corrected chi connectivity index (χ0v) is 16.5. The lowest BCUT2D eigenvalue weighted by Crippen LogP contribution is -2.49. The van der Waals surface area contributed by atoms with Gasteiger partial charge in [-0.3, -0.25) is 9.59 Å². The summed E-state index contributed by atoms with van der Waals surface area (Å²) in [7, 11) is 0. The molecule has 0 unspecified atom stereocenters. The minimum Gasteiger partial charge on any atom is -0.354 e. The Morgan fingerprint density at radius 3 is 2.84 bits per heavy atom. The van der Waals surface area contributed by atoms with Gasteiger partial charge in [0, 0.05) is 29.7 Å². The van der Waals surface area contributed by atoms with Crippen LogP contribution in [0.25, 0.3) is 0 Å². The SMILES string of the molecule is Cl.O=C(NCCNC(=O)[C@@]12CCCC[C@H]1CNC2)c1cccc(Br)c1. The fraction of sp³-hybridized carbons (Fsp3) is 0.556. The van der Waals surface area contributed by atoms with E-state index in [-0.39, 0.29) is 29.6 Å². The Morgan fingerprint density at radius 1 is 1.24 bits per heavy atom. The first-order chi connectivity index (χ1) is 11.6. The molecule has 5 nitrogen and oxygen atoms in total. The number of carbonyl (C=O) groups excluding carboxylic acids is 2. The van der Waals surface area contributed by atoms with Crippen LogP contribution in [0.4, 0.5) is 0 Å². The third kappa shape index (κ3) is 4.54. The molecule has 2 amide bonds. The van der Waals surface area contributed by atoms with Crippen molar-refractivity contribution in [3.63, 3.8) is 0 Å². The van der Waals surface area contributed by atoms with E-state index in [4.69, 9.17) is 0 Å². The highest BCUT2D eigenvalue weighted by Crippen LogP contribution is 2.43. The van der Waals surface area contributed by atoms with Gasteiger partial charge in [0.15, 0.2) is 0 Å². The van der Waals surface area contributed by atoms with Crippen molar-refractivity contribution >= 4 is 40.2 Å². The predicted octanol–water partition coefficient (Wildman–Crippen LogP) is 2.50. The molecular formula is C18H25BrClN3O2. The highest BCUT2D eigenvalue weighted by atomic mass is 79.9. The van der Waals surface area contributed by atoms with Crippen molar-refractivity contribution in [2.45, 2.75) is 25.7 Å². The zero-order chi connectivity index (χ0) is 17.0. The Hall–Kier alpha value is -1.11. The normalized spacial score (nSPS) is 24.8. The van der Waals surface area contributed by atoms with Crippen LogP contribution in [0.5, 0.6) is 0 Å². The predicted molar refractivity (Wildman–Crippen MR) is 104 cm³/mol. The van der Waals surface area contributed by atoms with Gasteiger partial charge in [-0.2, -0.15) is 0 Å². The molecule has 1 aromatic rings. The molecule has 7 heteroatoms. The number of amides is 2. The van der Waals surface area contributed by atoms with Crippen molar-refractivity contribution in [2.75, 3.05) is 26.2 Å². The van der Waals surface area contributed by atoms with Gasteiger partial charge in [-0.25, -0.2) is 0 Å². The van der Waals surface area contributed by atoms with Crippen LogP contribution >= 0.6 is 28.3 Å². The van der Waals surface area contributed by atoms with Gasteiger partial charge in [0.05, 0.1) is 5.41 Å². The number of rotatable bonds is 5. The summed E-state index contributed by atoms with van der Waals surface area (Å²) in [6.45, 7) is 2.64. The maximum absolute atomic E-state index is 12.7. The summed E-state index contributed by atoms with van der Waals surface area (Å²) in [6.07, 6.45) is 4.47. The monoisotopic (exact) mass is 429 g/mol. The Bertz CT molecular complexity index is 628. The van der Waals surface area contributed by atoms with Crippen LogP contribution in [0.15, 0.2) is 28.7 Å². The molecule has 3 rings (SSSR count). The highest BCUT2D eigenvalue weighted by Gasteiger charge is 2.49. The van der Waals surface area contributed by atoms with Gasteiger partial charge in [0.1, 0.15) is 0 Å². The van der Waals surface area contributed by atoms with Crippen molar-refractivity contribution in [1.82, 2.24) is 16.0 Å². The molecule has 0 aromatic heterocycles. The molecule has 3 N–H and O–H groups in total. The maximum atomic E-state index is 12.7. The molecule has 1 aliphatic carbocycles. The highest BCUT2D eigenvalue weighted by molar-refractivity contribution is 9.10. The molecule has 1 aromatic carbocycles. The van der Waals surface area contributed by atoms with E-state index in [1.54, 1.807) is 12.1 Å². The van der Waals surface area contributed by atoms with Crippen LogP contribution in [-0.2, 0) is 4.79 Å². The molecule has 1 saturated carbocycles. The quantitative estimate of drug-likeness (QED) is 0.629. The largest absolute Gasteiger partial charge is 0.354 e. The summed E-state index contributed by atoms with van der Waals surface area (Å²) in [5.74, 6) is 0.484. The Balaban J connectivity index is 0.00000225. The number of fused-ring (bicyclic) bond motifs is 1. The third-order valence-corrected chi connectivity index (χ3v) is 5.77. The van der Waals surface area contributed by atoms with Gasteiger partial charge in [-0.05, 0) is 43.5 Å². The molecule has 1 aliphatic heterocycles. The molecule has 0 bridgehead atoms. The van der Waals surface area contributed by atoms with Crippen molar-refractivity contribution in [3.05, 3.63) is 34.3 Å². The number of hydrogen-bond donors (Lipinski definition) is 3. The minimum absolute atomic E-state index is 0. The summed E-state index contributed by atoms with van der Waals surface area (Å²) in [4.78, 5) is 24.8. The summed E-state index contributed by atoms with van der Waals surface area (Å²) < 4.78 is 0.875. The number of halogens is 2. The van der Waals surface area contributed by atoms with Crippen LogP contribution in [-0.4, -0.2) is 38.0 Å². The lowest BCUT2D eigenvalue weighted by Gasteiger charge is -2.37. The number of benzene rings is 1. The molecule has 2 aliphatic rings. The fourth-order valence-corrected chi connectivity index (χ4v) is 4.35. The van der Waals surface area contributed by atoms with Crippen molar-refractivity contribution in [1.29, 1.82) is 0 Å². The van der Waals surface area contributed by atoms with Crippen LogP contribution < -0.4 is 16.0 Å². The number of nitrogens with one attached hydrogen (secondary N) is 3. The average molecular weight is 431 g/mol. The van der Waals surface area contributed by atoms with Crippen LogP contribution in [0.3, 0.4) is 0 Å². The molecular weight excluding hydrogens is 406 g/mol. The summed E-state index contributed by atoms with van der Waals surface area (Å²) in [5, 5.41) is 9.27. The average Bonchev–Trinajstić information content (AvgIpc) is 3.03. The Morgan fingerprint density at radius 2 is 2.04 bits per heavy atom. The first-order valence-electron chi connectivity index (χ1n) is 8.65. The summed E-state index contributed by atoms with van der Waals surface area (Å²) in [6, 6.07) is 7.26. The van der Waals surface area contributed by atoms with Gasteiger partial charge >= 0.3 is 0 Å². The Kier molecular flexibility index (Phi) is 7.28. The first-order valence-corrected chi connectivity index (χ1v) is 9.44. The molecule has 2 fully saturated rings. The van der Waals surface area contributed by atoms with E-state index in [0.717, 1.165) is 36.8 Å². The van der Waals surface area contributed by atoms with Gasteiger partial charge < -0.3 is 16.0 Å². The fourth-order valence-electron chi connectivity index (χ4n) is 3.95. The molecule has 2 atom stereocenters. The molecule has 1 saturated heterocycles. The molecule has 1 heterocycles. The van der Waals surface area contributed by atoms with E-state index in [0.29, 0.717) is 24.6 Å². The molecule has 0 spiro atoms. The van der Waals surface area contributed by atoms with Crippen molar-refractivity contribution in [2.24, 2.45) is 11.3 Å². The van der Waals surface area contributed by atoms with Gasteiger partial charge in [0.2, 0.25) is 5.91 Å². The van der Waals surface area contributed by atoms with E-state index < -0.39 is 0 Å². The molecule has 25 heavy (non-hydrogen) atoms. The summed E-state index contributed by atoms with van der Waals surface area (Å²) >= 11 is 3.36. The topological polar surface area (TPSA) is 70.2 Å². The second kappa shape index (κ2) is 9.01. The smallest absolute Gasteiger partial charge is 0.251 e. The van der Waals surface area contributed by atoms with Gasteiger partial charge in [-0.15, -0.1) is 12.4 Å². The summed E-state index contributed by atoms with van der Waals surface area (Å²) in [5.41, 5.74) is 0.383. The van der Waals surface area contributed by atoms with E-state index in [1.165, 1.54) is 6.42 Å². The molecule has 138 valence electrons. The number of hydrogen-bond acceptors (Lipinski definition) is 3. The van der Waals surface area contributed by atoms with Gasteiger partial charge in [-0.1, -0.05) is 34.8 Å². The Labute approximate surface area is 163 Å². The van der Waals surface area contributed by atoms with Crippen molar-refractivity contribution < 1.29 is 9.59 Å². The van der Waals surface area contributed by atoms with Gasteiger partial charge in [0.25, 0.3) is 5.91 Å². The lowest BCUT2D eigenvalue weighted by atomic mass is 9.67. The van der Waals surface area contributed by atoms with E-state index >= 15 is 0 Å². The third-order valence-electron chi connectivity index (χ3n) is 5.27. The number of carbonyl (C=O) groups is 2. The van der Waals surface area contributed by atoms with E-state index in [2.05, 4.69) is 31.9 Å². The van der Waals surface area contributed by atoms with E-state index in [9.17, 15) is 9.59 Å². The van der Waals surface area contributed by atoms with Crippen LogP contribution in [0.1, 0.15) is 36.0 Å². The zero-order valence-electron chi connectivity index (χ0n) is 14.1. The maximum Gasteiger partial charge on any atom is 0.251 e. The molecule has 0 radical (unpaired) electrons. The van der Waals surface area contributed by atoms with E-state index in [1.807, 2.05) is 12.1 Å². The van der Waals surface area contributed by atoms with Crippen LogP contribution in [0, 0.1) is 11.3 Å². The standard InChI is InChI=1S/C18H24BrN3O2.ClH/c19-15-6-3-4-13(10-15)16(23)21-8-9-22-17(24)18-7-2-1-5-14(18)11-20-12-18;/h3-4,6,10,14,20H,1-2,5,7-9,11-12H2,(H,21,23)(H,22,24);1H/t14-,18+;/m0./s1.